The highest BCUT2D eigenvalue weighted by atomic mass is 32.2. The predicted octanol–water partition coefficient (Wildman–Crippen LogP) is 3.06. The summed E-state index contributed by atoms with van der Waals surface area (Å²) >= 11 is -1.29. The largest absolute Gasteiger partial charge is 0.598 e. The normalized spacial score (nSPS) is 14.0. The van der Waals surface area contributed by atoms with E-state index < -0.39 is 21.0 Å². The van der Waals surface area contributed by atoms with Crippen LogP contribution in [-0.2, 0) is 18.4 Å². The number of nitro groups is 1. The average molecular weight is 377 g/mol. The van der Waals surface area contributed by atoms with Crippen LogP contribution in [0.1, 0.15) is 38.9 Å². The van der Waals surface area contributed by atoms with Crippen molar-refractivity contribution in [3.63, 3.8) is 0 Å². The van der Waals surface area contributed by atoms with Crippen LogP contribution in [0.3, 0.4) is 0 Å². The molecule has 0 fully saturated rings. The maximum atomic E-state index is 12.5. The van der Waals surface area contributed by atoms with Crippen LogP contribution in [0.5, 0.6) is 0 Å². The molecular weight excluding hydrogens is 354 g/mol. The van der Waals surface area contributed by atoms with E-state index in [1.54, 1.807) is 31.3 Å². The van der Waals surface area contributed by atoms with E-state index in [0.29, 0.717) is 23.5 Å². The molecule has 2 heterocycles. The first-order valence-electron chi connectivity index (χ1n) is 8.07. The molecule has 2 aromatic rings. The van der Waals surface area contributed by atoms with Crippen molar-refractivity contribution in [1.82, 2.24) is 19.5 Å². The second-order valence-corrected chi connectivity index (χ2v) is 8.78. The Hall–Kier alpha value is -2.23. The van der Waals surface area contributed by atoms with Gasteiger partial charge in [-0.1, -0.05) is 12.1 Å². The summed E-state index contributed by atoms with van der Waals surface area (Å²) in [6.45, 7) is 9.39. The number of pyridine rings is 1. The number of nitrogens with one attached hydrogen (secondary N) is 1. The number of aromatic nitrogens is 3. The van der Waals surface area contributed by atoms with Gasteiger partial charge in [0.25, 0.3) is 0 Å². The minimum absolute atomic E-state index is 0.108. The molecule has 9 heteroatoms. The molecule has 8 nitrogen and oxygen atoms in total. The maximum absolute atomic E-state index is 12.5. The van der Waals surface area contributed by atoms with Crippen molar-refractivity contribution >= 4 is 17.0 Å². The molecule has 0 bridgehead atoms. The van der Waals surface area contributed by atoms with Crippen molar-refractivity contribution in [2.24, 2.45) is 7.05 Å². The van der Waals surface area contributed by atoms with Crippen LogP contribution in [0.15, 0.2) is 37.1 Å². The lowest BCUT2D eigenvalue weighted by Crippen LogP contribution is -2.41. The van der Waals surface area contributed by atoms with Gasteiger partial charge >= 0.3 is 5.69 Å². The van der Waals surface area contributed by atoms with Gasteiger partial charge < -0.3 is 4.55 Å². The number of nitrogens with zero attached hydrogens (tertiary/aromatic N) is 4. The fraction of sp³-hybridized carbons (Fsp3) is 0.412. The van der Waals surface area contributed by atoms with E-state index in [1.807, 2.05) is 20.8 Å². The molecule has 0 aliphatic rings. The smallest absolute Gasteiger partial charge is 0.316 e. The van der Waals surface area contributed by atoms with E-state index in [4.69, 9.17) is 0 Å². The summed E-state index contributed by atoms with van der Waals surface area (Å²) in [6.07, 6.45) is 3.45. The number of aryl methyl sites for hydroxylation is 1. The van der Waals surface area contributed by atoms with Crippen LogP contribution < -0.4 is 4.72 Å². The van der Waals surface area contributed by atoms with Gasteiger partial charge in [0.2, 0.25) is 0 Å². The molecule has 140 valence electrons. The SMILES string of the molecule is C=CC[C@H](N[S@@+]([O-])C(C)(C)C)c1cccc(-c2c([N+](=O)[O-])cnn2C)n1. The summed E-state index contributed by atoms with van der Waals surface area (Å²) in [5.74, 6) is 0. The van der Waals surface area contributed by atoms with Crippen LogP contribution in [0.25, 0.3) is 11.4 Å². The van der Waals surface area contributed by atoms with Crippen molar-refractivity contribution < 1.29 is 9.48 Å². The van der Waals surface area contributed by atoms with Crippen LogP contribution in [0.4, 0.5) is 5.69 Å². The summed E-state index contributed by atoms with van der Waals surface area (Å²) in [5.41, 5.74) is 1.29. The second-order valence-electron chi connectivity index (χ2n) is 6.78. The molecule has 0 aliphatic heterocycles. The Morgan fingerprint density at radius 3 is 2.73 bits per heavy atom. The first kappa shape index (κ1) is 20.1. The van der Waals surface area contributed by atoms with E-state index in [1.165, 1.54) is 10.9 Å². The zero-order chi connectivity index (χ0) is 19.5. The molecule has 0 unspecified atom stereocenters. The molecule has 1 N–H and O–H groups in total. The summed E-state index contributed by atoms with van der Waals surface area (Å²) in [6, 6.07) is 4.94. The Morgan fingerprint density at radius 2 is 2.15 bits per heavy atom. The molecule has 0 aliphatic carbocycles. The lowest BCUT2D eigenvalue weighted by molar-refractivity contribution is -0.384. The molecule has 2 aromatic heterocycles. The van der Waals surface area contributed by atoms with Gasteiger partial charge in [-0.3, -0.25) is 14.8 Å². The minimum atomic E-state index is -1.29. The topological polar surface area (TPSA) is 109 Å². The van der Waals surface area contributed by atoms with Gasteiger partial charge in [-0.15, -0.1) is 11.3 Å². The Bertz CT molecular complexity index is 800. The molecule has 2 atom stereocenters. The highest BCUT2D eigenvalue weighted by molar-refractivity contribution is 7.90. The lowest BCUT2D eigenvalue weighted by Gasteiger charge is -2.27. The van der Waals surface area contributed by atoms with Crippen molar-refractivity contribution in [2.45, 2.75) is 38.0 Å². The highest BCUT2D eigenvalue weighted by Gasteiger charge is 2.30. The first-order valence-corrected chi connectivity index (χ1v) is 9.22. The van der Waals surface area contributed by atoms with Gasteiger partial charge in [-0.05, 0) is 39.3 Å². The quantitative estimate of drug-likeness (QED) is 0.344. The Labute approximate surface area is 155 Å². The van der Waals surface area contributed by atoms with Crippen molar-refractivity contribution in [2.75, 3.05) is 0 Å². The van der Waals surface area contributed by atoms with E-state index in [2.05, 4.69) is 21.4 Å². The summed E-state index contributed by atoms with van der Waals surface area (Å²) < 4.78 is 16.5. The Kier molecular flexibility index (Phi) is 6.17. The average Bonchev–Trinajstić information content (AvgIpc) is 2.95. The molecule has 0 amide bonds. The van der Waals surface area contributed by atoms with Gasteiger partial charge in [0.05, 0.1) is 22.4 Å². The zero-order valence-corrected chi connectivity index (χ0v) is 16.1. The highest BCUT2D eigenvalue weighted by Crippen LogP contribution is 2.29. The fourth-order valence-electron chi connectivity index (χ4n) is 2.34. The molecule has 0 radical (unpaired) electrons. The van der Waals surface area contributed by atoms with Crippen LogP contribution in [0, 0.1) is 10.1 Å². The summed E-state index contributed by atoms with van der Waals surface area (Å²) in [5, 5.41) is 15.2. The predicted molar refractivity (Wildman–Crippen MR) is 102 cm³/mol. The molecule has 0 saturated heterocycles. The third-order valence-electron chi connectivity index (χ3n) is 3.69. The van der Waals surface area contributed by atoms with Crippen molar-refractivity contribution in [3.05, 3.63) is 52.9 Å². The summed E-state index contributed by atoms with van der Waals surface area (Å²) in [7, 11) is 1.63. The molecule has 0 spiro atoms. The molecule has 26 heavy (non-hydrogen) atoms. The summed E-state index contributed by atoms with van der Waals surface area (Å²) in [4.78, 5) is 15.3. The lowest BCUT2D eigenvalue weighted by atomic mass is 10.1. The van der Waals surface area contributed by atoms with E-state index >= 15 is 0 Å². The van der Waals surface area contributed by atoms with Crippen LogP contribution in [-0.4, -0.2) is 29.0 Å². The van der Waals surface area contributed by atoms with Crippen molar-refractivity contribution in [1.29, 1.82) is 0 Å². The Balaban J connectivity index is 2.42. The van der Waals surface area contributed by atoms with Gasteiger partial charge in [0.1, 0.15) is 10.9 Å². The maximum Gasteiger partial charge on any atom is 0.316 e. The molecule has 0 saturated carbocycles. The van der Waals surface area contributed by atoms with E-state index in [-0.39, 0.29) is 11.7 Å². The monoisotopic (exact) mass is 377 g/mol. The molecule has 2 rings (SSSR count). The van der Waals surface area contributed by atoms with Gasteiger partial charge in [-0.2, -0.15) is 5.10 Å². The van der Waals surface area contributed by atoms with Gasteiger partial charge in [-0.25, -0.2) is 4.98 Å². The van der Waals surface area contributed by atoms with Crippen LogP contribution in [0.2, 0.25) is 0 Å². The van der Waals surface area contributed by atoms with Gasteiger partial charge in [0.15, 0.2) is 5.69 Å². The number of hydrogen-bond acceptors (Lipinski definition) is 6. The van der Waals surface area contributed by atoms with Gasteiger partial charge in [0, 0.05) is 18.4 Å². The van der Waals surface area contributed by atoms with E-state index in [0.717, 1.165) is 0 Å². The van der Waals surface area contributed by atoms with E-state index in [9.17, 15) is 14.7 Å². The fourth-order valence-corrected chi connectivity index (χ4v) is 3.16. The third kappa shape index (κ3) is 4.48. The zero-order valence-electron chi connectivity index (χ0n) is 15.3. The standard InChI is InChI=1S/C17H23N5O3S/c1-6-8-13(20-26(25)17(2,3)4)12-9-7-10-14(19-12)16-15(22(23)24)11-18-21(16)5/h6-7,9-11,13,20H,1,8H2,2-5H3/t13-,26-/m0/s1. The first-order chi connectivity index (χ1) is 12.1. The minimum Gasteiger partial charge on any atom is -0.598 e. The number of hydrogen-bond donors (Lipinski definition) is 1. The second kappa shape index (κ2) is 7.98. The molecule has 0 aromatic carbocycles. The number of rotatable bonds is 7. The molecular formula is C17H23N5O3S. The third-order valence-corrected chi connectivity index (χ3v) is 5.31. The van der Waals surface area contributed by atoms with Crippen molar-refractivity contribution in [3.8, 4) is 11.4 Å². The van der Waals surface area contributed by atoms with Crippen LogP contribution >= 0.6 is 0 Å². The Morgan fingerprint density at radius 1 is 1.46 bits per heavy atom.